The van der Waals surface area contributed by atoms with Crippen LogP contribution in [0.4, 0.5) is 14.9 Å². The molecule has 0 spiro atoms. The predicted molar refractivity (Wildman–Crippen MR) is 160 cm³/mol. The van der Waals surface area contributed by atoms with Crippen molar-refractivity contribution in [1.82, 2.24) is 10.6 Å². The van der Waals surface area contributed by atoms with Gasteiger partial charge in [0.05, 0.1) is 13.5 Å². The normalized spacial score (nSPS) is 16.7. The van der Waals surface area contributed by atoms with E-state index < -0.39 is 41.3 Å². The van der Waals surface area contributed by atoms with Crippen molar-refractivity contribution in [3.05, 3.63) is 99.8 Å². The van der Waals surface area contributed by atoms with Crippen LogP contribution >= 0.6 is 11.6 Å². The van der Waals surface area contributed by atoms with Gasteiger partial charge >= 0.3 is 6.09 Å². The van der Waals surface area contributed by atoms with Crippen LogP contribution in [0.5, 0.6) is 0 Å². The van der Waals surface area contributed by atoms with Gasteiger partial charge in [-0.2, -0.15) is 0 Å². The summed E-state index contributed by atoms with van der Waals surface area (Å²) >= 11 is 6.44. The number of aliphatic hydroxyl groups is 1. The Bertz CT molecular complexity index is 1480. The fraction of sp³-hybridized carbons (Fsp3) is 0.344. The van der Waals surface area contributed by atoms with E-state index >= 15 is 0 Å². The highest BCUT2D eigenvalue weighted by Gasteiger charge is 2.39. The average Bonchev–Trinajstić information content (AvgIpc) is 3.09. The first-order chi connectivity index (χ1) is 20.5. The van der Waals surface area contributed by atoms with Crippen molar-refractivity contribution >= 4 is 35.2 Å². The number of rotatable bonds is 10. The molecule has 1 aliphatic rings. The van der Waals surface area contributed by atoms with Crippen LogP contribution in [0.3, 0.4) is 0 Å². The number of hydrogen-bond donors (Lipinski definition) is 3. The summed E-state index contributed by atoms with van der Waals surface area (Å²) in [6.45, 7) is 3.74. The summed E-state index contributed by atoms with van der Waals surface area (Å²) in [5, 5.41) is 15.8. The zero-order chi connectivity index (χ0) is 31.1. The van der Waals surface area contributed by atoms with E-state index in [1.165, 1.54) is 18.1 Å². The Balaban J connectivity index is 1.71. The number of amides is 3. The quantitative estimate of drug-likeness (QED) is 0.301. The van der Waals surface area contributed by atoms with Crippen LogP contribution in [0, 0.1) is 11.2 Å². The predicted octanol–water partition coefficient (Wildman–Crippen LogP) is 4.88. The number of nitrogens with zero attached hydrogens (tertiary/aromatic N) is 1. The molecular formula is C32H35ClFN3O6. The lowest BCUT2D eigenvalue weighted by Crippen LogP contribution is -2.46. The number of carbonyl (C=O) groups is 3. The van der Waals surface area contributed by atoms with Crippen LogP contribution in [-0.4, -0.2) is 49.4 Å². The standard InChI is InChI=1S/C32H35ClFN3O6/c1-32(2,19-38)18-37-26-12-11-23(33)14-24(26)29(21-9-6-7-20(13-21)16-36-31(41)42-3)43-27(30(37)40)15-28(39)35-17-22-8-4-5-10-25(22)34/h4-14,27,29,38H,15-19H2,1-3H3,(H,35,39)(H,36,41). The molecule has 9 nitrogen and oxygen atoms in total. The summed E-state index contributed by atoms with van der Waals surface area (Å²) in [5.41, 5.74) is 2.19. The maximum atomic E-state index is 14.1. The minimum atomic E-state index is -1.22. The van der Waals surface area contributed by atoms with Crippen LogP contribution in [0.2, 0.25) is 5.02 Å². The zero-order valence-electron chi connectivity index (χ0n) is 24.2. The first kappa shape index (κ1) is 31.9. The molecule has 3 N–H and O–H groups in total. The molecule has 3 aromatic carbocycles. The summed E-state index contributed by atoms with van der Waals surface area (Å²) in [6, 6.07) is 18.5. The molecule has 0 saturated carbocycles. The third kappa shape index (κ3) is 8.10. The zero-order valence-corrected chi connectivity index (χ0v) is 25.0. The van der Waals surface area contributed by atoms with Crippen LogP contribution in [0.15, 0.2) is 66.7 Å². The molecular weight excluding hydrogens is 577 g/mol. The van der Waals surface area contributed by atoms with Gasteiger partial charge in [-0.25, -0.2) is 9.18 Å². The highest BCUT2D eigenvalue weighted by molar-refractivity contribution is 6.30. The highest BCUT2D eigenvalue weighted by Crippen LogP contribution is 2.41. The highest BCUT2D eigenvalue weighted by atomic mass is 35.5. The Kier molecular flexibility index (Phi) is 10.4. The second-order valence-electron chi connectivity index (χ2n) is 11.1. The fourth-order valence-corrected chi connectivity index (χ4v) is 4.97. The van der Waals surface area contributed by atoms with Crippen molar-refractivity contribution in [1.29, 1.82) is 0 Å². The Morgan fingerprint density at radius 1 is 1.07 bits per heavy atom. The SMILES string of the molecule is COC(=O)NCc1cccc(C2OC(CC(=O)NCc3ccccc3F)C(=O)N(CC(C)(C)CO)c3ccc(Cl)cc32)c1. The van der Waals surface area contributed by atoms with Gasteiger partial charge in [0.1, 0.15) is 18.0 Å². The first-order valence-electron chi connectivity index (χ1n) is 13.8. The van der Waals surface area contributed by atoms with E-state index in [2.05, 4.69) is 15.4 Å². The van der Waals surface area contributed by atoms with E-state index in [0.717, 1.165) is 5.56 Å². The van der Waals surface area contributed by atoms with Crippen molar-refractivity contribution in [2.24, 2.45) is 5.41 Å². The number of carbonyl (C=O) groups excluding carboxylic acids is 3. The van der Waals surface area contributed by atoms with Crippen LogP contribution in [0.25, 0.3) is 0 Å². The minimum Gasteiger partial charge on any atom is -0.453 e. The number of aliphatic hydroxyl groups excluding tert-OH is 1. The number of halogens is 2. The molecule has 1 aliphatic heterocycles. The number of nitrogens with one attached hydrogen (secondary N) is 2. The summed E-state index contributed by atoms with van der Waals surface area (Å²) in [5.74, 6) is -1.41. The van der Waals surface area contributed by atoms with Gasteiger partial charge in [-0.05, 0) is 35.4 Å². The number of fused-ring (bicyclic) bond motifs is 1. The van der Waals surface area contributed by atoms with Crippen LogP contribution in [0.1, 0.15) is 48.6 Å². The van der Waals surface area contributed by atoms with Gasteiger partial charge < -0.3 is 30.1 Å². The molecule has 0 aliphatic carbocycles. The lowest BCUT2D eigenvalue weighted by atomic mass is 9.92. The Labute approximate surface area is 254 Å². The third-order valence-corrected chi connectivity index (χ3v) is 7.33. The number of benzene rings is 3. The largest absolute Gasteiger partial charge is 0.453 e. The van der Waals surface area contributed by atoms with Crippen LogP contribution in [-0.2, 0) is 32.2 Å². The van der Waals surface area contributed by atoms with Crippen molar-refractivity contribution < 1.29 is 33.4 Å². The van der Waals surface area contributed by atoms with Gasteiger partial charge in [0.2, 0.25) is 5.91 Å². The van der Waals surface area contributed by atoms with Crippen molar-refractivity contribution in [3.63, 3.8) is 0 Å². The monoisotopic (exact) mass is 611 g/mol. The molecule has 0 radical (unpaired) electrons. The Hall–Kier alpha value is -3.99. The lowest BCUT2D eigenvalue weighted by molar-refractivity contribution is -0.138. The van der Waals surface area contributed by atoms with Crippen molar-refractivity contribution in [2.45, 2.75) is 45.6 Å². The van der Waals surface area contributed by atoms with E-state index in [0.29, 0.717) is 27.4 Å². The van der Waals surface area contributed by atoms with Crippen molar-refractivity contribution in [3.8, 4) is 0 Å². The van der Waals surface area contributed by atoms with E-state index in [-0.39, 0.29) is 32.7 Å². The molecule has 1 heterocycles. The molecule has 0 aromatic heterocycles. The molecule has 4 rings (SSSR count). The molecule has 228 valence electrons. The summed E-state index contributed by atoms with van der Waals surface area (Å²) < 4.78 is 25.3. The maximum absolute atomic E-state index is 14.1. The van der Waals surface area contributed by atoms with Gasteiger partial charge in [0, 0.05) is 53.5 Å². The second kappa shape index (κ2) is 14.0. The molecule has 3 aromatic rings. The molecule has 0 saturated heterocycles. The number of hydrogen-bond acceptors (Lipinski definition) is 6. The number of methoxy groups -OCH3 is 1. The number of ether oxygens (including phenoxy) is 2. The summed E-state index contributed by atoms with van der Waals surface area (Å²) in [7, 11) is 1.28. The van der Waals surface area contributed by atoms with Crippen molar-refractivity contribution in [2.75, 3.05) is 25.2 Å². The number of alkyl carbamates (subject to hydrolysis) is 1. The average molecular weight is 612 g/mol. The van der Waals surface area contributed by atoms with E-state index in [4.69, 9.17) is 16.3 Å². The number of anilines is 1. The molecule has 11 heteroatoms. The minimum absolute atomic E-state index is 0.0534. The lowest BCUT2D eigenvalue weighted by Gasteiger charge is -2.32. The molecule has 0 bridgehead atoms. The third-order valence-electron chi connectivity index (χ3n) is 7.10. The maximum Gasteiger partial charge on any atom is 0.407 e. The van der Waals surface area contributed by atoms with Gasteiger partial charge in [-0.3, -0.25) is 9.59 Å². The topological polar surface area (TPSA) is 117 Å². The molecule has 43 heavy (non-hydrogen) atoms. The second-order valence-corrected chi connectivity index (χ2v) is 11.6. The van der Waals surface area contributed by atoms with E-state index in [9.17, 15) is 23.9 Å². The van der Waals surface area contributed by atoms with Gasteiger partial charge in [0.15, 0.2) is 0 Å². The first-order valence-corrected chi connectivity index (χ1v) is 14.2. The van der Waals surface area contributed by atoms with E-state index in [1.54, 1.807) is 42.5 Å². The fourth-order valence-electron chi connectivity index (χ4n) is 4.79. The van der Waals surface area contributed by atoms with Gasteiger partial charge in [0.25, 0.3) is 5.91 Å². The summed E-state index contributed by atoms with van der Waals surface area (Å²) in [4.78, 5) is 40.4. The van der Waals surface area contributed by atoms with Gasteiger partial charge in [-0.15, -0.1) is 0 Å². The van der Waals surface area contributed by atoms with Crippen LogP contribution < -0.4 is 15.5 Å². The Morgan fingerprint density at radius 2 is 1.84 bits per heavy atom. The van der Waals surface area contributed by atoms with E-state index in [1.807, 2.05) is 32.0 Å². The van der Waals surface area contributed by atoms with Gasteiger partial charge in [-0.1, -0.05) is 67.9 Å². The molecule has 0 fully saturated rings. The molecule has 2 atom stereocenters. The molecule has 2 unspecified atom stereocenters. The Morgan fingerprint density at radius 3 is 2.56 bits per heavy atom. The summed E-state index contributed by atoms with van der Waals surface area (Å²) in [6.07, 6.45) is -2.95. The smallest absolute Gasteiger partial charge is 0.407 e. The molecule has 3 amide bonds.